The van der Waals surface area contributed by atoms with Gasteiger partial charge in [0, 0.05) is 36.0 Å². The lowest BCUT2D eigenvalue weighted by molar-refractivity contribution is -0.118. The van der Waals surface area contributed by atoms with E-state index in [0.717, 1.165) is 42.9 Å². The van der Waals surface area contributed by atoms with Gasteiger partial charge in [0.15, 0.2) is 0 Å². The standard InChI is InChI=1S/C48H69NO8/c1-5-7-9-11-13-15-17-21-32-55-43-36-44(56-33-22-18-16-14-12-10-8-6-2)38-45(37-43)57-34-23-19-20-27-46(50)49(41-30-28-39(29-31-41)47(51)53-3)42-26-24-25-40(35-42)48(52)54-4/h24-26,28-31,35-38H,5-23,27,32-34H2,1-4H3. The fraction of sp³-hybridized carbons (Fsp3) is 0.562. The van der Waals surface area contributed by atoms with Crippen molar-refractivity contribution in [2.24, 2.45) is 0 Å². The molecule has 3 rings (SSSR count). The van der Waals surface area contributed by atoms with E-state index in [1.807, 2.05) is 18.2 Å². The van der Waals surface area contributed by atoms with E-state index < -0.39 is 11.9 Å². The Balaban J connectivity index is 1.54. The average Bonchev–Trinajstić information content (AvgIpc) is 3.23. The molecule has 0 heterocycles. The number of anilines is 2. The molecule has 0 fully saturated rings. The third-order valence-corrected chi connectivity index (χ3v) is 10.0. The van der Waals surface area contributed by atoms with Gasteiger partial charge < -0.3 is 23.7 Å². The first-order chi connectivity index (χ1) is 27.9. The number of methoxy groups -OCH3 is 2. The zero-order valence-electron chi connectivity index (χ0n) is 35.3. The van der Waals surface area contributed by atoms with Crippen LogP contribution >= 0.6 is 0 Å². The van der Waals surface area contributed by atoms with Crippen molar-refractivity contribution in [3.63, 3.8) is 0 Å². The quantitative estimate of drug-likeness (QED) is 0.0469. The third-order valence-electron chi connectivity index (χ3n) is 10.0. The molecule has 0 aromatic heterocycles. The minimum atomic E-state index is -0.493. The number of carbonyl (C=O) groups is 3. The van der Waals surface area contributed by atoms with Crippen molar-refractivity contribution >= 4 is 29.2 Å². The summed E-state index contributed by atoms with van der Waals surface area (Å²) in [6, 6.07) is 19.3. The number of amides is 1. The van der Waals surface area contributed by atoms with Gasteiger partial charge in [-0.05, 0) is 74.6 Å². The maximum absolute atomic E-state index is 13.8. The third kappa shape index (κ3) is 18.5. The predicted molar refractivity (Wildman–Crippen MR) is 229 cm³/mol. The van der Waals surface area contributed by atoms with Gasteiger partial charge in [0.1, 0.15) is 17.2 Å². The summed E-state index contributed by atoms with van der Waals surface area (Å²) < 4.78 is 28.3. The highest BCUT2D eigenvalue weighted by Crippen LogP contribution is 2.30. The van der Waals surface area contributed by atoms with E-state index >= 15 is 0 Å². The molecule has 57 heavy (non-hydrogen) atoms. The van der Waals surface area contributed by atoms with Crippen molar-refractivity contribution in [2.75, 3.05) is 38.9 Å². The van der Waals surface area contributed by atoms with Crippen molar-refractivity contribution in [3.8, 4) is 17.2 Å². The first-order valence-electron chi connectivity index (χ1n) is 21.6. The summed E-state index contributed by atoms with van der Waals surface area (Å²) in [6.07, 6.45) is 22.5. The summed E-state index contributed by atoms with van der Waals surface area (Å²) in [5, 5.41) is 0. The number of carbonyl (C=O) groups excluding carboxylic acids is 3. The minimum absolute atomic E-state index is 0.136. The molecule has 0 aliphatic carbocycles. The lowest BCUT2D eigenvalue weighted by atomic mass is 10.1. The number of ether oxygens (including phenoxy) is 5. The van der Waals surface area contributed by atoms with Gasteiger partial charge in [0.2, 0.25) is 5.91 Å². The second kappa shape index (κ2) is 28.8. The largest absolute Gasteiger partial charge is 0.493 e. The van der Waals surface area contributed by atoms with Crippen LogP contribution in [0.5, 0.6) is 17.2 Å². The van der Waals surface area contributed by atoms with E-state index in [4.69, 9.17) is 23.7 Å². The normalized spacial score (nSPS) is 10.9. The second-order valence-corrected chi connectivity index (χ2v) is 14.8. The molecule has 0 unspecified atom stereocenters. The molecule has 3 aromatic carbocycles. The maximum Gasteiger partial charge on any atom is 0.337 e. The van der Waals surface area contributed by atoms with E-state index in [1.54, 1.807) is 53.4 Å². The van der Waals surface area contributed by atoms with E-state index in [2.05, 4.69) is 13.8 Å². The molecule has 0 aliphatic heterocycles. The van der Waals surface area contributed by atoms with Crippen LogP contribution in [0.25, 0.3) is 0 Å². The van der Waals surface area contributed by atoms with Crippen LogP contribution in [-0.4, -0.2) is 51.9 Å². The molecular weight excluding hydrogens is 719 g/mol. The van der Waals surface area contributed by atoms with E-state index in [9.17, 15) is 14.4 Å². The van der Waals surface area contributed by atoms with Crippen molar-refractivity contribution in [2.45, 2.75) is 142 Å². The van der Waals surface area contributed by atoms with Gasteiger partial charge in [-0.1, -0.05) is 110 Å². The molecule has 9 heteroatoms. The number of nitrogens with zero attached hydrogens (tertiary/aromatic N) is 1. The van der Waals surface area contributed by atoms with Gasteiger partial charge in [-0.25, -0.2) is 9.59 Å². The Labute approximate surface area is 342 Å². The smallest absolute Gasteiger partial charge is 0.337 e. The Morgan fingerprint density at radius 2 is 0.877 bits per heavy atom. The Morgan fingerprint density at radius 3 is 1.33 bits per heavy atom. The molecule has 0 saturated carbocycles. The number of benzene rings is 3. The number of hydrogen-bond donors (Lipinski definition) is 0. The number of esters is 2. The summed E-state index contributed by atoms with van der Waals surface area (Å²) in [5.74, 6) is 1.16. The molecule has 0 bridgehead atoms. The lowest BCUT2D eigenvalue weighted by Gasteiger charge is -2.24. The van der Waals surface area contributed by atoms with Gasteiger partial charge in [0.05, 0.1) is 45.2 Å². The van der Waals surface area contributed by atoms with Crippen molar-refractivity contribution in [1.29, 1.82) is 0 Å². The Hall–Kier alpha value is -4.53. The summed E-state index contributed by atoms with van der Waals surface area (Å²) in [6.45, 7) is 6.34. The van der Waals surface area contributed by atoms with E-state index in [-0.39, 0.29) is 12.3 Å². The minimum Gasteiger partial charge on any atom is -0.493 e. The monoisotopic (exact) mass is 788 g/mol. The maximum atomic E-state index is 13.8. The molecule has 9 nitrogen and oxygen atoms in total. The summed E-state index contributed by atoms with van der Waals surface area (Å²) >= 11 is 0. The van der Waals surface area contributed by atoms with Crippen molar-refractivity contribution in [1.82, 2.24) is 0 Å². The second-order valence-electron chi connectivity index (χ2n) is 14.8. The van der Waals surface area contributed by atoms with Crippen LogP contribution in [0.2, 0.25) is 0 Å². The van der Waals surface area contributed by atoms with Gasteiger partial charge >= 0.3 is 11.9 Å². The molecule has 0 spiro atoms. The highest BCUT2D eigenvalue weighted by molar-refractivity contribution is 6.02. The summed E-state index contributed by atoms with van der Waals surface area (Å²) in [7, 11) is 2.65. The van der Waals surface area contributed by atoms with Crippen molar-refractivity contribution < 1.29 is 38.1 Å². The van der Waals surface area contributed by atoms with E-state index in [0.29, 0.717) is 48.7 Å². The van der Waals surface area contributed by atoms with Gasteiger partial charge in [0.25, 0.3) is 0 Å². The van der Waals surface area contributed by atoms with Crippen molar-refractivity contribution in [3.05, 3.63) is 77.9 Å². The molecule has 0 atom stereocenters. The summed E-state index contributed by atoms with van der Waals surface area (Å²) in [5.41, 5.74) is 1.81. The van der Waals surface area contributed by atoms with Crippen LogP contribution in [-0.2, 0) is 14.3 Å². The van der Waals surface area contributed by atoms with Gasteiger partial charge in [-0.2, -0.15) is 0 Å². The molecule has 0 aliphatic rings. The predicted octanol–water partition coefficient (Wildman–Crippen LogP) is 12.6. The summed E-state index contributed by atoms with van der Waals surface area (Å²) in [4.78, 5) is 39.6. The van der Waals surface area contributed by atoms with Crippen LogP contribution in [0.1, 0.15) is 163 Å². The molecular formula is C48H69NO8. The molecule has 1 amide bonds. The van der Waals surface area contributed by atoms with Crippen LogP contribution in [0.3, 0.4) is 0 Å². The average molecular weight is 788 g/mol. The fourth-order valence-electron chi connectivity index (χ4n) is 6.70. The lowest BCUT2D eigenvalue weighted by Crippen LogP contribution is -2.26. The van der Waals surface area contributed by atoms with Crippen LogP contribution < -0.4 is 19.1 Å². The molecule has 314 valence electrons. The molecule has 0 saturated heterocycles. The van der Waals surface area contributed by atoms with Crippen LogP contribution in [0.15, 0.2) is 66.7 Å². The first kappa shape index (κ1) is 46.8. The molecule has 0 radical (unpaired) electrons. The number of rotatable bonds is 31. The molecule has 3 aromatic rings. The highest BCUT2D eigenvalue weighted by Gasteiger charge is 2.20. The Bertz CT molecular complexity index is 1530. The Kier molecular flexibility index (Phi) is 23.7. The SMILES string of the molecule is CCCCCCCCCCOc1cc(OCCCCCCCCCC)cc(OCCCCCC(=O)N(c2ccc(C(=O)OC)cc2)c2cccc(C(=O)OC)c2)c1. The molecule has 0 N–H and O–H groups in total. The number of unbranched alkanes of at least 4 members (excludes halogenated alkanes) is 16. The first-order valence-corrected chi connectivity index (χ1v) is 21.6. The van der Waals surface area contributed by atoms with Crippen LogP contribution in [0.4, 0.5) is 11.4 Å². The highest BCUT2D eigenvalue weighted by atomic mass is 16.5. The Morgan fingerprint density at radius 1 is 0.456 bits per heavy atom. The zero-order chi connectivity index (χ0) is 40.9. The van der Waals surface area contributed by atoms with Gasteiger partial charge in [-0.15, -0.1) is 0 Å². The topological polar surface area (TPSA) is 101 Å². The van der Waals surface area contributed by atoms with E-state index in [1.165, 1.54) is 104 Å². The van der Waals surface area contributed by atoms with Gasteiger partial charge in [-0.3, -0.25) is 9.69 Å². The van der Waals surface area contributed by atoms with Crippen LogP contribution in [0, 0.1) is 0 Å². The number of hydrogen-bond acceptors (Lipinski definition) is 8. The zero-order valence-corrected chi connectivity index (χ0v) is 35.3. The fourth-order valence-corrected chi connectivity index (χ4v) is 6.70.